The Morgan fingerprint density at radius 1 is 1.06 bits per heavy atom. The van der Waals surface area contributed by atoms with Crippen LogP contribution in [0.2, 0.25) is 0 Å². The monoisotopic (exact) mass is 436 g/mol. The average Bonchev–Trinajstić information content (AvgIpc) is 3.45. The summed E-state index contributed by atoms with van der Waals surface area (Å²) in [6, 6.07) is 14.8. The minimum atomic E-state index is -0.212. The fourth-order valence-corrected chi connectivity index (χ4v) is 4.16. The number of thioether (sulfide) groups is 1. The summed E-state index contributed by atoms with van der Waals surface area (Å²) in [5, 5.41) is 14.3. The van der Waals surface area contributed by atoms with E-state index in [1.165, 1.54) is 24.6 Å². The van der Waals surface area contributed by atoms with Crippen molar-refractivity contribution in [3.05, 3.63) is 60.4 Å². The van der Waals surface area contributed by atoms with E-state index >= 15 is 0 Å². The number of aryl methyl sites for hydroxylation is 1. The molecule has 2 heterocycles. The third kappa shape index (κ3) is 5.24. The lowest BCUT2D eigenvalue weighted by molar-refractivity contribution is -0.113. The molecule has 4 rings (SSSR count). The summed E-state index contributed by atoms with van der Waals surface area (Å²) in [7, 11) is 1.82. The number of nitrogens with one attached hydrogen (secondary N) is 2. The van der Waals surface area contributed by atoms with Gasteiger partial charge in [-0.25, -0.2) is 0 Å². The highest BCUT2D eigenvalue weighted by Gasteiger charge is 2.17. The average molecular weight is 437 g/mol. The highest BCUT2D eigenvalue weighted by atomic mass is 32.2. The zero-order valence-corrected chi connectivity index (χ0v) is 18.1. The fraction of sp³-hybridized carbons (Fsp3) is 0.273. The van der Waals surface area contributed by atoms with Crippen molar-refractivity contribution in [3.63, 3.8) is 0 Å². The largest absolute Gasteiger partial charge is 0.370 e. The molecule has 1 saturated heterocycles. The Balaban J connectivity index is 1.39. The van der Waals surface area contributed by atoms with Gasteiger partial charge in [0, 0.05) is 31.4 Å². The van der Waals surface area contributed by atoms with Crippen LogP contribution in [0.3, 0.4) is 0 Å². The minimum absolute atomic E-state index is 0.176. The lowest BCUT2D eigenvalue weighted by Crippen LogP contribution is -2.21. The number of para-hydroxylation sites is 2. The number of rotatable bonds is 7. The number of amides is 2. The fourth-order valence-electron chi connectivity index (χ4n) is 3.48. The van der Waals surface area contributed by atoms with Crippen LogP contribution in [0.4, 0.5) is 17.1 Å². The van der Waals surface area contributed by atoms with E-state index in [-0.39, 0.29) is 17.6 Å². The second-order valence-electron chi connectivity index (χ2n) is 7.31. The maximum Gasteiger partial charge on any atom is 0.255 e. The van der Waals surface area contributed by atoms with Gasteiger partial charge in [-0.3, -0.25) is 9.59 Å². The van der Waals surface area contributed by atoms with Gasteiger partial charge < -0.3 is 20.1 Å². The van der Waals surface area contributed by atoms with Gasteiger partial charge in [-0.1, -0.05) is 30.0 Å². The van der Waals surface area contributed by atoms with Crippen molar-refractivity contribution >= 4 is 40.6 Å². The van der Waals surface area contributed by atoms with E-state index in [0.29, 0.717) is 16.4 Å². The van der Waals surface area contributed by atoms with Gasteiger partial charge in [0.2, 0.25) is 5.91 Å². The first-order valence-electron chi connectivity index (χ1n) is 10.1. The van der Waals surface area contributed by atoms with Crippen LogP contribution in [0.15, 0.2) is 60.0 Å². The Morgan fingerprint density at radius 3 is 2.65 bits per heavy atom. The first-order chi connectivity index (χ1) is 15.1. The summed E-state index contributed by atoms with van der Waals surface area (Å²) in [6.45, 7) is 2.00. The van der Waals surface area contributed by atoms with E-state index in [0.717, 1.165) is 24.5 Å². The molecule has 0 aliphatic carbocycles. The Kier molecular flexibility index (Phi) is 6.51. The number of hydrogen-bond acceptors (Lipinski definition) is 6. The van der Waals surface area contributed by atoms with E-state index in [9.17, 15) is 9.59 Å². The van der Waals surface area contributed by atoms with Gasteiger partial charge >= 0.3 is 0 Å². The molecule has 1 aromatic heterocycles. The predicted molar refractivity (Wildman–Crippen MR) is 123 cm³/mol. The topological polar surface area (TPSA) is 92.1 Å². The molecule has 8 nitrogen and oxygen atoms in total. The van der Waals surface area contributed by atoms with Crippen LogP contribution in [0, 0.1) is 0 Å². The van der Waals surface area contributed by atoms with Crippen LogP contribution in [0.25, 0.3) is 0 Å². The maximum atomic E-state index is 12.9. The second-order valence-corrected chi connectivity index (χ2v) is 8.25. The molecule has 160 valence electrons. The highest BCUT2D eigenvalue weighted by molar-refractivity contribution is 7.99. The Bertz CT molecular complexity index is 1080. The molecule has 31 heavy (non-hydrogen) atoms. The van der Waals surface area contributed by atoms with Crippen molar-refractivity contribution < 1.29 is 9.59 Å². The molecule has 0 saturated carbocycles. The van der Waals surface area contributed by atoms with Gasteiger partial charge in [0.1, 0.15) is 6.33 Å². The molecular weight excluding hydrogens is 412 g/mol. The quantitative estimate of drug-likeness (QED) is 0.552. The van der Waals surface area contributed by atoms with Crippen molar-refractivity contribution in [3.8, 4) is 0 Å². The lowest BCUT2D eigenvalue weighted by Gasteiger charge is -2.21. The summed E-state index contributed by atoms with van der Waals surface area (Å²) in [4.78, 5) is 27.5. The van der Waals surface area contributed by atoms with Gasteiger partial charge in [-0.15, -0.1) is 10.2 Å². The van der Waals surface area contributed by atoms with E-state index in [2.05, 4.69) is 25.7 Å². The van der Waals surface area contributed by atoms with Crippen molar-refractivity contribution in [2.24, 2.45) is 7.05 Å². The van der Waals surface area contributed by atoms with Gasteiger partial charge in [0.25, 0.3) is 5.91 Å². The molecule has 0 radical (unpaired) electrons. The first-order valence-corrected chi connectivity index (χ1v) is 11.1. The van der Waals surface area contributed by atoms with Crippen LogP contribution < -0.4 is 15.5 Å². The van der Waals surface area contributed by atoms with Crippen LogP contribution in [0.1, 0.15) is 23.2 Å². The zero-order chi connectivity index (χ0) is 21.6. The van der Waals surface area contributed by atoms with E-state index < -0.39 is 0 Å². The third-order valence-electron chi connectivity index (χ3n) is 5.01. The van der Waals surface area contributed by atoms with Gasteiger partial charge in [-0.2, -0.15) is 0 Å². The lowest BCUT2D eigenvalue weighted by atomic mass is 10.1. The Morgan fingerprint density at radius 2 is 1.87 bits per heavy atom. The Hall–Kier alpha value is -3.33. The Labute approximate surface area is 185 Å². The normalized spacial score (nSPS) is 13.3. The first kappa shape index (κ1) is 20.9. The van der Waals surface area contributed by atoms with Crippen molar-refractivity contribution in [1.82, 2.24) is 14.8 Å². The molecule has 1 fully saturated rings. The number of carbonyl (C=O) groups is 2. The van der Waals surface area contributed by atoms with E-state index in [4.69, 9.17) is 0 Å². The summed E-state index contributed by atoms with van der Waals surface area (Å²) in [5.74, 6) is -0.187. The smallest absolute Gasteiger partial charge is 0.255 e. The predicted octanol–water partition coefficient (Wildman–Crippen LogP) is 3.40. The highest BCUT2D eigenvalue weighted by Crippen LogP contribution is 2.29. The molecule has 2 amide bonds. The standard InChI is InChI=1S/C22H24N6O2S/c1-27-15-23-26-22(27)31-14-20(29)24-17-8-6-7-16(13-17)21(30)25-18-9-2-3-10-19(18)28-11-4-5-12-28/h2-3,6-10,13,15H,4-5,11-12,14H2,1H3,(H,24,29)(H,25,30). The molecular formula is C22H24N6O2S. The van der Waals surface area contributed by atoms with Crippen LogP contribution >= 0.6 is 11.8 Å². The summed E-state index contributed by atoms with van der Waals surface area (Å²) in [6.07, 6.45) is 3.92. The molecule has 0 unspecified atom stereocenters. The van der Waals surface area contributed by atoms with E-state index in [1.54, 1.807) is 35.2 Å². The van der Waals surface area contributed by atoms with Gasteiger partial charge in [-0.05, 0) is 43.2 Å². The molecule has 0 atom stereocenters. The molecule has 1 aliphatic heterocycles. The molecule has 0 spiro atoms. The summed E-state index contributed by atoms with van der Waals surface area (Å²) in [5.41, 5.74) is 2.89. The number of aromatic nitrogens is 3. The van der Waals surface area contributed by atoms with Gasteiger partial charge in [0.05, 0.1) is 17.1 Å². The number of carbonyl (C=O) groups excluding carboxylic acids is 2. The number of anilines is 3. The van der Waals surface area contributed by atoms with E-state index in [1.807, 2.05) is 31.3 Å². The number of benzene rings is 2. The minimum Gasteiger partial charge on any atom is -0.370 e. The molecule has 2 N–H and O–H groups in total. The van der Waals surface area contributed by atoms with Crippen LogP contribution in [-0.4, -0.2) is 45.4 Å². The van der Waals surface area contributed by atoms with Crippen LogP contribution in [0.5, 0.6) is 0 Å². The number of nitrogens with zero attached hydrogens (tertiary/aromatic N) is 4. The number of hydrogen-bond donors (Lipinski definition) is 2. The molecule has 0 bridgehead atoms. The van der Waals surface area contributed by atoms with Crippen LogP contribution in [-0.2, 0) is 11.8 Å². The van der Waals surface area contributed by atoms with Crippen molar-refractivity contribution in [1.29, 1.82) is 0 Å². The van der Waals surface area contributed by atoms with Crippen molar-refractivity contribution in [2.45, 2.75) is 18.0 Å². The third-order valence-corrected chi connectivity index (χ3v) is 6.04. The molecule has 9 heteroatoms. The zero-order valence-electron chi connectivity index (χ0n) is 17.2. The maximum absolute atomic E-state index is 12.9. The molecule has 3 aromatic rings. The van der Waals surface area contributed by atoms with Crippen molar-refractivity contribution in [2.75, 3.05) is 34.4 Å². The summed E-state index contributed by atoms with van der Waals surface area (Å²) < 4.78 is 1.75. The second kappa shape index (κ2) is 9.65. The molecule has 1 aliphatic rings. The molecule has 2 aromatic carbocycles. The SMILES string of the molecule is Cn1cnnc1SCC(=O)Nc1cccc(C(=O)Nc2ccccc2N2CCCC2)c1. The summed E-state index contributed by atoms with van der Waals surface area (Å²) >= 11 is 1.30. The van der Waals surface area contributed by atoms with Gasteiger partial charge in [0.15, 0.2) is 5.16 Å².